The molecule has 0 aliphatic heterocycles. The Labute approximate surface area is 119 Å². The highest BCUT2D eigenvalue weighted by Gasteiger charge is 2.45. The molecular weight excluding hydrogens is 298 g/mol. The van der Waals surface area contributed by atoms with Crippen LogP contribution in [0.25, 0.3) is 0 Å². The molecule has 2 N–H and O–H groups in total. The van der Waals surface area contributed by atoms with Crippen molar-refractivity contribution in [3.8, 4) is 0 Å². The maximum atomic E-state index is 12.7. The summed E-state index contributed by atoms with van der Waals surface area (Å²) in [6.07, 6.45) is -3.56. The minimum Gasteiger partial charge on any atom is -0.321 e. The van der Waals surface area contributed by atoms with Gasteiger partial charge in [-0.05, 0) is 49.4 Å². The normalized spacial score (nSPS) is 28.4. The Morgan fingerprint density at radius 3 is 2.26 bits per heavy atom. The van der Waals surface area contributed by atoms with Crippen molar-refractivity contribution in [2.45, 2.75) is 37.4 Å². The van der Waals surface area contributed by atoms with Crippen molar-refractivity contribution in [2.24, 2.45) is 11.7 Å². The quantitative estimate of drug-likeness (QED) is 0.784. The fourth-order valence-corrected chi connectivity index (χ4v) is 3.09. The summed E-state index contributed by atoms with van der Waals surface area (Å²) in [5, 5.41) is 0.944. The van der Waals surface area contributed by atoms with Gasteiger partial charge in [0, 0.05) is 15.6 Å². The van der Waals surface area contributed by atoms with E-state index >= 15 is 0 Å². The predicted molar refractivity (Wildman–Crippen MR) is 70.3 cm³/mol. The summed E-state index contributed by atoms with van der Waals surface area (Å²) in [5.74, 6) is -1.26. The maximum absolute atomic E-state index is 12.7. The number of rotatable bonds is 1. The highest BCUT2D eigenvalue weighted by atomic mass is 35.5. The van der Waals surface area contributed by atoms with Gasteiger partial charge in [-0.25, -0.2) is 0 Å². The average molecular weight is 312 g/mol. The Morgan fingerprint density at radius 1 is 1.16 bits per heavy atom. The first kappa shape index (κ1) is 14.9. The van der Waals surface area contributed by atoms with Gasteiger partial charge in [-0.3, -0.25) is 0 Å². The molecule has 1 aliphatic carbocycles. The second kappa shape index (κ2) is 5.15. The molecule has 1 aliphatic rings. The molecule has 0 amide bonds. The Kier molecular flexibility index (Phi) is 4.05. The minimum absolute atomic E-state index is 0.0306. The predicted octanol–water partition coefficient (Wildman–Crippen LogP) is 4.90. The number of alkyl halides is 3. The van der Waals surface area contributed by atoms with Crippen molar-refractivity contribution in [1.82, 2.24) is 0 Å². The molecule has 1 aromatic rings. The topological polar surface area (TPSA) is 26.0 Å². The molecule has 0 unspecified atom stereocenters. The molecule has 0 heterocycles. The third-order valence-corrected chi connectivity index (χ3v) is 4.37. The van der Waals surface area contributed by atoms with Crippen LogP contribution < -0.4 is 5.73 Å². The fourth-order valence-electron chi connectivity index (χ4n) is 2.61. The first-order valence-corrected chi connectivity index (χ1v) is 6.79. The Morgan fingerprint density at radius 2 is 1.74 bits per heavy atom. The number of hydrogen-bond donors (Lipinski definition) is 1. The van der Waals surface area contributed by atoms with E-state index in [2.05, 4.69) is 0 Å². The molecule has 1 fully saturated rings. The molecule has 2 rings (SSSR count). The molecule has 19 heavy (non-hydrogen) atoms. The average Bonchev–Trinajstić information content (AvgIpc) is 2.31. The van der Waals surface area contributed by atoms with E-state index in [0.29, 0.717) is 15.6 Å². The van der Waals surface area contributed by atoms with Gasteiger partial charge in [0.05, 0.1) is 5.92 Å². The highest BCUT2D eigenvalue weighted by Crippen LogP contribution is 2.45. The molecule has 1 saturated carbocycles. The maximum Gasteiger partial charge on any atom is 0.391 e. The first-order valence-electron chi connectivity index (χ1n) is 6.03. The first-order chi connectivity index (χ1) is 8.72. The molecule has 0 atom stereocenters. The summed E-state index contributed by atoms with van der Waals surface area (Å²) in [5.41, 5.74) is 6.07. The molecule has 0 spiro atoms. The van der Waals surface area contributed by atoms with Crippen molar-refractivity contribution < 1.29 is 13.2 Å². The Balaban J connectivity index is 2.20. The summed E-state index contributed by atoms with van der Waals surface area (Å²) in [7, 11) is 0. The molecule has 0 aromatic heterocycles. The number of nitrogens with two attached hydrogens (primary N) is 1. The Hall–Kier alpha value is -0.450. The summed E-state index contributed by atoms with van der Waals surface area (Å²) in [6.45, 7) is 0. The molecule has 106 valence electrons. The standard InChI is InChI=1S/C13H14Cl2F3N/c14-9-1-2-11(15)10(7-9)12(19)5-3-8(4-6-12)13(16,17)18/h1-2,7-8H,3-6,19H2. The molecule has 0 radical (unpaired) electrons. The number of hydrogen-bond acceptors (Lipinski definition) is 1. The van der Waals surface area contributed by atoms with Crippen LogP contribution in [-0.2, 0) is 5.54 Å². The monoisotopic (exact) mass is 311 g/mol. The molecular formula is C13H14Cl2F3N. The van der Waals surface area contributed by atoms with E-state index in [9.17, 15) is 13.2 Å². The van der Waals surface area contributed by atoms with Crippen LogP contribution in [0.4, 0.5) is 13.2 Å². The van der Waals surface area contributed by atoms with Crippen LogP contribution in [0, 0.1) is 5.92 Å². The van der Waals surface area contributed by atoms with Crippen LogP contribution in [0.15, 0.2) is 18.2 Å². The van der Waals surface area contributed by atoms with E-state index in [0.717, 1.165) is 0 Å². The molecule has 1 nitrogen and oxygen atoms in total. The fraction of sp³-hybridized carbons (Fsp3) is 0.538. The Bertz CT molecular complexity index is 465. The van der Waals surface area contributed by atoms with Gasteiger partial charge in [-0.1, -0.05) is 23.2 Å². The van der Waals surface area contributed by atoms with Crippen molar-refractivity contribution in [1.29, 1.82) is 0 Å². The van der Waals surface area contributed by atoms with Crippen LogP contribution >= 0.6 is 23.2 Å². The van der Waals surface area contributed by atoms with Crippen molar-refractivity contribution in [3.05, 3.63) is 33.8 Å². The van der Waals surface area contributed by atoms with Crippen LogP contribution in [0.5, 0.6) is 0 Å². The summed E-state index contributed by atoms with van der Waals surface area (Å²) < 4.78 is 38.0. The third kappa shape index (κ3) is 3.18. The summed E-state index contributed by atoms with van der Waals surface area (Å²) >= 11 is 12.0. The minimum atomic E-state index is -4.14. The molecule has 0 bridgehead atoms. The van der Waals surface area contributed by atoms with Crippen LogP contribution in [0.1, 0.15) is 31.2 Å². The van der Waals surface area contributed by atoms with E-state index in [1.54, 1.807) is 18.2 Å². The summed E-state index contributed by atoms with van der Waals surface area (Å²) in [4.78, 5) is 0. The van der Waals surface area contributed by atoms with Crippen molar-refractivity contribution in [2.75, 3.05) is 0 Å². The number of halogens is 5. The third-order valence-electron chi connectivity index (χ3n) is 3.81. The van der Waals surface area contributed by atoms with Crippen LogP contribution in [0.2, 0.25) is 10.0 Å². The lowest BCUT2D eigenvalue weighted by atomic mass is 9.73. The van der Waals surface area contributed by atoms with Crippen LogP contribution in [-0.4, -0.2) is 6.18 Å². The lowest BCUT2D eigenvalue weighted by Crippen LogP contribution is -2.43. The summed E-state index contributed by atoms with van der Waals surface area (Å²) in [6, 6.07) is 4.92. The number of benzene rings is 1. The smallest absolute Gasteiger partial charge is 0.321 e. The van der Waals surface area contributed by atoms with E-state index in [1.165, 1.54) is 0 Å². The van der Waals surface area contributed by atoms with Gasteiger partial charge in [0.15, 0.2) is 0 Å². The molecule has 6 heteroatoms. The van der Waals surface area contributed by atoms with Gasteiger partial charge < -0.3 is 5.73 Å². The zero-order valence-electron chi connectivity index (χ0n) is 10.1. The van der Waals surface area contributed by atoms with Gasteiger partial charge in [0.1, 0.15) is 0 Å². The molecule has 0 saturated heterocycles. The van der Waals surface area contributed by atoms with Crippen LogP contribution in [0.3, 0.4) is 0 Å². The highest BCUT2D eigenvalue weighted by molar-refractivity contribution is 6.33. The zero-order chi connectivity index (χ0) is 14.3. The van der Waals surface area contributed by atoms with E-state index in [4.69, 9.17) is 28.9 Å². The molecule has 1 aromatic carbocycles. The van der Waals surface area contributed by atoms with Gasteiger partial charge in [-0.15, -0.1) is 0 Å². The lowest BCUT2D eigenvalue weighted by Gasteiger charge is -2.38. The van der Waals surface area contributed by atoms with Gasteiger partial charge in [-0.2, -0.15) is 13.2 Å². The van der Waals surface area contributed by atoms with Crippen molar-refractivity contribution >= 4 is 23.2 Å². The van der Waals surface area contributed by atoms with E-state index in [-0.39, 0.29) is 25.7 Å². The van der Waals surface area contributed by atoms with Gasteiger partial charge in [0.2, 0.25) is 0 Å². The van der Waals surface area contributed by atoms with Crippen molar-refractivity contribution in [3.63, 3.8) is 0 Å². The SMILES string of the molecule is NC1(c2cc(Cl)ccc2Cl)CCC(C(F)(F)F)CC1. The zero-order valence-corrected chi connectivity index (χ0v) is 11.6. The van der Waals surface area contributed by atoms with Gasteiger partial charge >= 0.3 is 6.18 Å². The van der Waals surface area contributed by atoms with E-state index < -0.39 is 17.6 Å². The largest absolute Gasteiger partial charge is 0.391 e. The lowest BCUT2D eigenvalue weighted by molar-refractivity contribution is -0.184. The second-order valence-corrected chi connectivity index (χ2v) is 5.94. The van der Waals surface area contributed by atoms with Gasteiger partial charge in [0.25, 0.3) is 0 Å². The van der Waals surface area contributed by atoms with E-state index in [1.807, 2.05) is 0 Å². The second-order valence-electron chi connectivity index (χ2n) is 5.10.